The number of alkyl halides is 3. The smallest absolute Gasteiger partial charge is 0.341 e. The van der Waals surface area contributed by atoms with Crippen molar-refractivity contribution in [1.82, 2.24) is 5.32 Å². The van der Waals surface area contributed by atoms with Gasteiger partial charge in [-0.05, 0) is 32.8 Å². The first-order valence-electron chi connectivity index (χ1n) is 7.96. The zero-order valence-electron chi connectivity index (χ0n) is 14.9. The number of ketones is 1. The number of hydrogen-bond donors (Lipinski definition) is 2. The fourth-order valence-electron chi connectivity index (χ4n) is 2.19. The van der Waals surface area contributed by atoms with E-state index < -0.39 is 15.9 Å². The predicted octanol–water partition coefficient (Wildman–Crippen LogP) is 4.46. The Labute approximate surface area is 171 Å². The minimum atomic E-state index is -1.89. The summed E-state index contributed by atoms with van der Waals surface area (Å²) in [5.41, 5.74) is 0.664. The Hall–Kier alpha value is -1.02. The molecule has 0 aliphatic carbocycles. The Kier molecular flexibility index (Phi) is 8.66. The molecule has 1 atom stereocenters. The van der Waals surface area contributed by atoms with Gasteiger partial charge in [0, 0.05) is 6.42 Å². The molecule has 1 aromatic rings. The van der Waals surface area contributed by atoms with E-state index in [9.17, 15) is 14.4 Å². The van der Waals surface area contributed by atoms with Crippen LogP contribution in [0.25, 0.3) is 0 Å². The van der Waals surface area contributed by atoms with Crippen molar-refractivity contribution in [2.24, 2.45) is 0 Å². The molecule has 0 aliphatic rings. The first-order valence-corrected chi connectivity index (χ1v) is 9.91. The molecule has 0 saturated heterocycles. The van der Waals surface area contributed by atoms with Crippen LogP contribution in [-0.4, -0.2) is 34.2 Å². The summed E-state index contributed by atoms with van der Waals surface area (Å²) in [6, 6.07) is 0. The first kappa shape index (κ1) is 23.0. The lowest BCUT2D eigenvalue weighted by Crippen LogP contribution is -2.49. The highest BCUT2D eigenvalue weighted by atomic mass is 35.6. The van der Waals surface area contributed by atoms with E-state index in [1.54, 1.807) is 13.8 Å². The number of rotatable bonds is 8. The van der Waals surface area contributed by atoms with Gasteiger partial charge in [0.05, 0.1) is 17.0 Å². The number of hydrogen-bond acceptors (Lipinski definition) is 6. The third-order valence-electron chi connectivity index (χ3n) is 3.33. The fourth-order valence-corrected chi connectivity index (χ4v) is 3.64. The summed E-state index contributed by atoms with van der Waals surface area (Å²) in [6.45, 7) is 6.73. The highest BCUT2D eigenvalue weighted by Gasteiger charge is 2.36. The molecule has 0 saturated carbocycles. The molecule has 26 heavy (non-hydrogen) atoms. The molecule has 0 aromatic carbocycles. The van der Waals surface area contributed by atoms with E-state index in [1.165, 1.54) is 6.92 Å². The van der Waals surface area contributed by atoms with Gasteiger partial charge in [0.1, 0.15) is 11.2 Å². The summed E-state index contributed by atoms with van der Waals surface area (Å²) < 4.78 is 3.17. The molecule has 1 heterocycles. The van der Waals surface area contributed by atoms with Gasteiger partial charge in [-0.3, -0.25) is 9.59 Å². The van der Waals surface area contributed by atoms with Gasteiger partial charge in [0.2, 0.25) is 9.70 Å². The second-order valence-corrected chi connectivity index (χ2v) is 8.86. The number of esters is 1. The van der Waals surface area contributed by atoms with Crippen molar-refractivity contribution in [3.05, 3.63) is 16.0 Å². The maximum atomic E-state index is 12.3. The van der Waals surface area contributed by atoms with Crippen molar-refractivity contribution in [2.75, 3.05) is 11.9 Å². The van der Waals surface area contributed by atoms with Gasteiger partial charge in [-0.2, -0.15) is 0 Å². The molecule has 10 heteroatoms. The molecule has 1 amide bonds. The van der Waals surface area contributed by atoms with Crippen LogP contribution in [-0.2, 0) is 9.53 Å². The van der Waals surface area contributed by atoms with Crippen LogP contribution in [0.3, 0.4) is 0 Å². The van der Waals surface area contributed by atoms with Crippen LogP contribution in [0.15, 0.2) is 0 Å². The van der Waals surface area contributed by atoms with Crippen LogP contribution in [0, 0.1) is 6.92 Å². The average Bonchev–Trinajstić information content (AvgIpc) is 2.83. The molecule has 0 spiro atoms. The van der Waals surface area contributed by atoms with Gasteiger partial charge in [-0.15, -0.1) is 11.3 Å². The predicted molar refractivity (Wildman–Crippen MR) is 106 cm³/mol. The molecule has 2 N–H and O–H groups in total. The Balaban J connectivity index is 3.29. The van der Waals surface area contributed by atoms with Gasteiger partial charge < -0.3 is 15.4 Å². The SMILES string of the molecule is CCCC(=O)NC(Nc1sc(C(C)=O)c(C)c1C(=O)OCC)C(Cl)(Cl)Cl. The van der Waals surface area contributed by atoms with Crippen molar-refractivity contribution in [2.45, 2.75) is 50.5 Å². The maximum absolute atomic E-state index is 12.3. The molecule has 0 fully saturated rings. The number of anilines is 1. The lowest BCUT2D eigenvalue weighted by atomic mass is 10.1. The summed E-state index contributed by atoms with van der Waals surface area (Å²) in [5, 5.41) is 5.75. The highest BCUT2D eigenvalue weighted by Crippen LogP contribution is 2.37. The summed E-state index contributed by atoms with van der Waals surface area (Å²) in [4.78, 5) is 36.5. The minimum absolute atomic E-state index is 0.171. The summed E-state index contributed by atoms with van der Waals surface area (Å²) in [6.07, 6.45) is -0.220. The van der Waals surface area contributed by atoms with E-state index in [4.69, 9.17) is 39.5 Å². The Bertz CT molecular complexity index is 686. The van der Waals surface area contributed by atoms with Crippen LogP contribution in [0.5, 0.6) is 0 Å². The highest BCUT2D eigenvalue weighted by molar-refractivity contribution is 7.18. The molecule has 6 nitrogen and oxygen atoms in total. The van der Waals surface area contributed by atoms with Gasteiger partial charge >= 0.3 is 5.97 Å². The molecule has 1 unspecified atom stereocenters. The standard InChI is InChI=1S/C16H21Cl3N2O4S/c1-5-7-10(23)20-15(16(17,18)19)21-13-11(14(24)25-6-2)8(3)12(26-13)9(4)22/h15,21H,5-7H2,1-4H3,(H,20,23). The van der Waals surface area contributed by atoms with E-state index in [-0.39, 0.29) is 30.3 Å². The van der Waals surface area contributed by atoms with Crippen molar-refractivity contribution >= 4 is 68.8 Å². The van der Waals surface area contributed by atoms with Crippen molar-refractivity contribution in [3.8, 4) is 0 Å². The summed E-state index contributed by atoms with van der Waals surface area (Å²) >= 11 is 19.0. The normalized spacial score (nSPS) is 12.4. The number of amides is 1. The zero-order chi connectivity index (χ0) is 20.1. The fraction of sp³-hybridized carbons (Fsp3) is 0.562. The van der Waals surface area contributed by atoms with E-state index in [0.29, 0.717) is 21.9 Å². The van der Waals surface area contributed by atoms with E-state index >= 15 is 0 Å². The first-order chi connectivity index (χ1) is 12.0. The monoisotopic (exact) mass is 442 g/mol. The molecule has 0 radical (unpaired) electrons. The average molecular weight is 444 g/mol. The number of halogens is 3. The molecule has 1 aromatic heterocycles. The van der Waals surface area contributed by atoms with E-state index in [1.807, 2.05) is 6.92 Å². The molecular weight excluding hydrogens is 423 g/mol. The van der Waals surface area contributed by atoms with Crippen LogP contribution >= 0.6 is 46.1 Å². The van der Waals surface area contributed by atoms with Gasteiger partial charge in [0.25, 0.3) is 0 Å². The lowest BCUT2D eigenvalue weighted by Gasteiger charge is -2.27. The number of nitrogens with one attached hydrogen (secondary N) is 2. The number of thiophene rings is 1. The van der Waals surface area contributed by atoms with Crippen LogP contribution < -0.4 is 10.6 Å². The van der Waals surface area contributed by atoms with Crippen LogP contribution in [0.4, 0.5) is 5.00 Å². The third kappa shape index (κ3) is 6.01. The molecule has 0 aliphatic heterocycles. The van der Waals surface area contributed by atoms with Crippen molar-refractivity contribution in [1.29, 1.82) is 0 Å². The number of carbonyl (C=O) groups is 3. The zero-order valence-corrected chi connectivity index (χ0v) is 18.0. The number of ether oxygens (including phenoxy) is 1. The Morgan fingerprint density at radius 2 is 1.85 bits per heavy atom. The second kappa shape index (κ2) is 9.78. The van der Waals surface area contributed by atoms with E-state index in [0.717, 1.165) is 11.3 Å². The Morgan fingerprint density at radius 3 is 2.31 bits per heavy atom. The number of carbonyl (C=O) groups excluding carboxylic acids is 3. The van der Waals surface area contributed by atoms with Crippen LogP contribution in [0.2, 0.25) is 0 Å². The topological polar surface area (TPSA) is 84.5 Å². The quantitative estimate of drug-likeness (QED) is 0.268. The summed E-state index contributed by atoms with van der Waals surface area (Å²) in [5.74, 6) is -1.11. The van der Waals surface area contributed by atoms with Crippen LogP contribution in [0.1, 0.15) is 59.2 Å². The molecule has 146 valence electrons. The van der Waals surface area contributed by atoms with Gasteiger partial charge in [-0.25, -0.2) is 4.79 Å². The van der Waals surface area contributed by atoms with Gasteiger partial charge in [-0.1, -0.05) is 41.7 Å². The van der Waals surface area contributed by atoms with Crippen molar-refractivity contribution in [3.63, 3.8) is 0 Å². The summed E-state index contributed by atoms with van der Waals surface area (Å²) in [7, 11) is 0. The molecular formula is C16H21Cl3N2O4S. The molecule has 0 bridgehead atoms. The van der Waals surface area contributed by atoms with Gasteiger partial charge in [0.15, 0.2) is 5.78 Å². The van der Waals surface area contributed by atoms with Crippen molar-refractivity contribution < 1.29 is 19.1 Å². The lowest BCUT2D eigenvalue weighted by molar-refractivity contribution is -0.121. The number of Topliss-reactive ketones (excluding diaryl/α,β-unsaturated/α-hetero) is 1. The molecule has 1 rings (SSSR count). The van der Waals surface area contributed by atoms with E-state index in [2.05, 4.69) is 10.6 Å². The Morgan fingerprint density at radius 1 is 1.23 bits per heavy atom. The maximum Gasteiger partial charge on any atom is 0.341 e. The second-order valence-electron chi connectivity index (χ2n) is 5.47. The minimum Gasteiger partial charge on any atom is -0.462 e. The largest absolute Gasteiger partial charge is 0.462 e. The third-order valence-corrected chi connectivity index (χ3v) is 5.31.